The van der Waals surface area contributed by atoms with E-state index in [0.717, 1.165) is 44.3 Å². The van der Waals surface area contributed by atoms with E-state index in [2.05, 4.69) is 174 Å². The monoisotopic (exact) mass is 750 g/mol. The predicted octanol–water partition coefficient (Wildman–Crippen LogP) is 14.2. The van der Waals surface area contributed by atoms with Crippen LogP contribution in [-0.4, -0.2) is 19.5 Å². The normalized spacial score (nSPS) is 11.7. The summed E-state index contributed by atoms with van der Waals surface area (Å²) in [6, 6.07) is 73.5. The maximum absolute atomic E-state index is 5.27. The Balaban J connectivity index is 1.11. The quantitative estimate of drug-likeness (QED) is 0.165. The van der Waals surface area contributed by atoms with E-state index in [9.17, 15) is 0 Å². The third-order valence-corrected chi connectivity index (χ3v) is 11.8. The van der Waals surface area contributed by atoms with Gasteiger partial charge >= 0.3 is 0 Å². The summed E-state index contributed by atoms with van der Waals surface area (Å²) in [5.41, 5.74) is 8.56. The van der Waals surface area contributed by atoms with Gasteiger partial charge in [0.25, 0.3) is 0 Å². The maximum Gasteiger partial charge on any atom is 0.164 e. The van der Waals surface area contributed by atoms with E-state index in [4.69, 9.17) is 15.0 Å². The predicted molar refractivity (Wildman–Crippen MR) is 246 cm³/mol. The SMILES string of the molecule is c1ccc(-c2nc(-c3ccccc3)nc(-c3cc(-c4ccc(-n5c6ccccc6c6cc7ccccc7cc65)cc4)cc4c5ccccc5c5ccccc5c34)n2)cc1. The minimum atomic E-state index is 0.638. The van der Waals surface area contributed by atoms with Crippen molar-refractivity contribution in [3.63, 3.8) is 0 Å². The van der Waals surface area contributed by atoms with Crippen LogP contribution in [0.1, 0.15) is 0 Å². The summed E-state index contributed by atoms with van der Waals surface area (Å²) in [5.74, 6) is 1.92. The van der Waals surface area contributed by atoms with Crippen molar-refractivity contribution in [2.75, 3.05) is 0 Å². The summed E-state index contributed by atoms with van der Waals surface area (Å²) in [6.07, 6.45) is 0. The smallest absolute Gasteiger partial charge is 0.164 e. The number of para-hydroxylation sites is 1. The zero-order valence-electron chi connectivity index (χ0n) is 31.9. The molecule has 0 N–H and O–H groups in total. The van der Waals surface area contributed by atoms with Crippen LogP contribution in [0.4, 0.5) is 0 Å². The summed E-state index contributed by atoms with van der Waals surface area (Å²) >= 11 is 0. The molecular weight excluding hydrogens is 717 g/mol. The Morgan fingerprint density at radius 1 is 0.288 bits per heavy atom. The standard InChI is InChI=1S/C55H34N4/c1-3-15-36(16-4-1)53-56-54(37-17-5-2-6-18-37)58-55(57-53)49-33-40(32-48-44-23-10-9-21-42(44)43-22-11-12-25-46(43)52(48)49)35-27-29-41(30-28-35)59-50-26-14-13-24-45(50)47-31-38-19-7-8-20-39(38)34-51(47)59/h1-34H. The molecule has 0 spiro atoms. The van der Waals surface area contributed by atoms with Crippen LogP contribution < -0.4 is 0 Å². The first-order valence-electron chi connectivity index (χ1n) is 20.0. The summed E-state index contributed by atoms with van der Waals surface area (Å²) < 4.78 is 2.40. The van der Waals surface area contributed by atoms with Crippen LogP contribution in [0, 0.1) is 0 Å². The third kappa shape index (κ3) is 5.42. The van der Waals surface area contributed by atoms with Crippen LogP contribution in [0.25, 0.3) is 116 Å². The summed E-state index contributed by atoms with van der Waals surface area (Å²) in [4.78, 5) is 15.6. The molecule has 0 fully saturated rings. The van der Waals surface area contributed by atoms with Gasteiger partial charge in [0.05, 0.1) is 11.0 Å². The van der Waals surface area contributed by atoms with Crippen LogP contribution >= 0.6 is 0 Å². The first kappa shape index (κ1) is 33.2. The van der Waals surface area contributed by atoms with Gasteiger partial charge < -0.3 is 4.57 Å². The van der Waals surface area contributed by atoms with Gasteiger partial charge in [-0.2, -0.15) is 0 Å². The van der Waals surface area contributed by atoms with Gasteiger partial charge in [0, 0.05) is 38.5 Å². The highest BCUT2D eigenvalue weighted by molar-refractivity contribution is 6.29. The average molecular weight is 751 g/mol. The van der Waals surface area contributed by atoms with Crippen molar-refractivity contribution >= 4 is 64.9 Å². The van der Waals surface area contributed by atoms with E-state index in [-0.39, 0.29) is 0 Å². The fourth-order valence-electron chi connectivity index (χ4n) is 9.04. The Morgan fingerprint density at radius 3 is 1.46 bits per heavy atom. The molecule has 0 atom stereocenters. The molecule has 12 aromatic rings. The topological polar surface area (TPSA) is 43.6 Å². The lowest BCUT2D eigenvalue weighted by Crippen LogP contribution is -2.01. The van der Waals surface area contributed by atoms with E-state index in [1.54, 1.807) is 0 Å². The molecule has 2 aromatic heterocycles. The Hall–Kier alpha value is -7.95. The van der Waals surface area contributed by atoms with Crippen molar-refractivity contribution in [3.8, 4) is 51.0 Å². The molecule has 0 aliphatic carbocycles. The minimum absolute atomic E-state index is 0.638. The lowest BCUT2D eigenvalue weighted by atomic mass is 9.88. The summed E-state index contributed by atoms with van der Waals surface area (Å²) in [5, 5.41) is 12.0. The number of nitrogens with zero attached hydrogens (tertiary/aromatic N) is 4. The molecule has 0 aliphatic rings. The first-order valence-corrected chi connectivity index (χ1v) is 20.0. The highest BCUT2D eigenvalue weighted by Crippen LogP contribution is 2.43. The van der Waals surface area contributed by atoms with Crippen molar-refractivity contribution in [1.82, 2.24) is 19.5 Å². The largest absolute Gasteiger partial charge is 0.309 e. The van der Waals surface area contributed by atoms with E-state index < -0.39 is 0 Å². The second kappa shape index (κ2) is 13.3. The molecule has 0 amide bonds. The molecule has 4 heteroatoms. The lowest BCUT2D eigenvalue weighted by molar-refractivity contribution is 1.08. The molecule has 0 saturated heterocycles. The number of rotatable bonds is 5. The Kier molecular flexibility index (Phi) is 7.50. The van der Waals surface area contributed by atoms with Crippen molar-refractivity contribution < 1.29 is 0 Å². The van der Waals surface area contributed by atoms with Gasteiger partial charge in [-0.3, -0.25) is 0 Å². The zero-order valence-corrected chi connectivity index (χ0v) is 31.9. The van der Waals surface area contributed by atoms with Gasteiger partial charge in [0.1, 0.15) is 0 Å². The van der Waals surface area contributed by atoms with Crippen LogP contribution in [0.15, 0.2) is 206 Å². The maximum atomic E-state index is 5.27. The zero-order chi connectivity index (χ0) is 38.9. The molecule has 59 heavy (non-hydrogen) atoms. The fraction of sp³-hybridized carbons (Fsp3) is 0. The van der Waals surface area contributed by atoms with E-state index in [1.165, 1.54) is 54.1 Å². The van der Waals surface area contributed by atoms with Crippen molar-refractivity contribution in [2.45, 2.75) is 0 Å². The van der Waals surface area contributed by atoms with Crippen LogP contribution in [-0.2, 0) is 0 Å². The molecule has 0 bridgehead atoms. The number of hydrogen-bond donors (Lipinski definition) is 0. The molecular formula is C55H34N4. The molecule has 0 unspecified atom stereocenters. The van der Waals surface area contributed by atoms with Crippen LogP contribution in [0.5, 0.6) is 0 Å². The Bertz CT molecular complexity index is 3530. The van der Waals surface area contributed by atoms with Gasteiger partial charge in [-0.25, -0.2) is 15.0 Å². The van der Waals surface area contributed by atoms with Gasteiger partial charge in [0.15, 0.2) is 17.5 Å². The fourth-order valence-corrected chi connectivity index (χ4v) is 9.04. The first-order chi connectivity index (χ1) is 29.2. The minimum Gasteiger partial charge on any atom is -0.309 e. The Labute approximate surface area is 340 Å². The molecule has 0 radical (unpaired) electrons. The van der Waals surface area contributed by atoms with Gasteiger partial charge in [0.2, 0.25) is 0 Å². The van der Waals surface area contributed by atoms with Crippen LogP contribution in [0.2, 0.25) is 0 Å². The number of aromatic nitrogens is 4. The summed E-state index contributed by atoms with van der Waals surface area (Å²) in [7, 11) is 0. The Morgan fingerprint density at radius 2 is 0.797 bits per heavy atom. The second-order valence-electron chi connectivity index (χ2n) is 15.2. The van der Waals surface area contributed by atoms with E-state index in [1.807, 2.05) is 36.4 Å². The molecule has 274 valence electrons. The van der Waals surface area contributed by atoms with Crippen molar-refractivity contribution in [3.05, 3.63) is 206 Å². The van der Waals surface area contributed by atoms with Crippen molar-refractivity contribution in [1.29, 1.82) is 0 Å². The molecule has 0 aliphatic heterocycles. The summed E-state index contributed by atoms with van der Waals surface area (Å²) in [6.45, 7) is 0. The molecule has 10 aromatic carbocycles. The number of fused-ring (bicyclic) bond motifs is 10. The number of benzene rings is 10. The highest BCUT2D eigenvalue weighted by Gasteiger charge is 2.20. The van der Waals surface area contributed by atoms with Gasteiger partial charge in [-0.05, 0) is 91.3 Å². The van der Waals surface area contributed by atoms with Gasteiger partial charge in [-0.1, -0.05) is 164 Å². The van der Waals surface area contributed by atoms with Gasteiger partial charge in [-0.15, -0.1) is 0 Å². The van der Waals surface area contributed by atoms with Crippen LogP contribution in [0.3, 0.4) is 0 Å². The lowest BCUT2D eigenvalue weighted by Gasteiger charge is -2.17. The number of hydrogen-bond acceptors (Lipinski definition) is 3. The highest BCUT2D eigenvalue weighted by atomic mass is 15.0. The average Bonchev–Trinajstić information content (AvgIpc) is 3.64. The molecule has 0 saturated carbocycles. The second-order valence-corrected chi connectivity index (χ2v) is 15.2. The third-order valence-electron chi connectivity index (χ3n) is 11.8. The molecule has 12 rings (SSSR count). The van der Waals surface area contributed by atoms with Crippen molar-refractivity contribution in [2.24, 2.45) is 0 Å². The van der Waals surface area contributed by atoms with E-state index in [0.29, 0.717) is 17.5 Å². The molecule has 4 nitrogen and oxygen atoms in total. The molecule has 2 heterocycles. The van der Waals surface area contributed by atoms with E-state index >= 15 is 0 Å².